The van der Waals surface area contributed by atoms with Gasteiger partial charge in [-0.1, -0.05) is 57.2 Å². The highest BCUT2D eigenvalue weighted by molar-refractivity contribution is 6.07. The van der Waals surface area contributed by atoms with Gasteiger partial charge in [0.05, 0.1) is 24.6 Å². The fourth-order valence-electron chi connectivity index (χ4n) is 4.95. The number of nitrogens with zero attached hydrogens (tertiary/aromatic N) is 1. The number of nitrogens with two attached hydrogens (primary N) is 1. The second-order valence-electron chi connectivity index (χ2n) is 11.4. The molecule has 206 valence electrons. The number of rotatable bonds is 7. The van der Waals surface area contributed by atoms with Crippen LogP contribution in [0, 0.1) is 0 Å². The molecule has 1 aliphatic rings. The van der Waals surface area contributed by atoms with Gasteiger partial charge in [-0.15, -0.1) is 0 Å². The molecule has 3 aromatic rings. The number of nitrogens with one attached hydrogen (secondary N) is 2. The zero-order valence-electron chi connectivity index (χ0n) is 23.6. The Balaban J connectivity index is 1.60. The van der Waals surface area contributed by atoms with Crippen molar-refractivity contribution in [1.82, 2.24) is 5.32 Å². The first kappa shape index (κ1) is 28.3. The van der Waals surface area contributed by atoms with E-state index < -0.39 is 0 Å². The summed E-state index contributed by atoms with van der Waals surface area (Å²) in [7, 11) is 0. The van der Waals surface area contributed by atoms with Crippen molar-refractivity contribution in [2.75, 3.05) is 23.4 Å². The fourth-order valence-corrected chi connectivity index (χ4v) is 4.95. The van der Waals surface area contributed by atoms with Gasteiger partial charge in [0.25, 0.3) is 11.8 Å². The number of carbonyl (C=O) groups excluding carboxylic acids is 2. The van der Waals surface area contributed by atoms with E-state index in [1.807, 2.05) is 60.7 Å². The number of ether oxygens (including phenoxy) is 1. The average molecular weight is 529 g/mol. The van der Waals surface area contributed by atoms with Crippen molar-refractivity contribution < 1.29 is 14.3 Å². The van der Waals surface area contributed by atoms with Crippen LogP contribution in [0.4, 0.5) is 11.4 Å². The van der Waals surface area contributed by atoms with E-state index in [0.29, 0.717) is 43.1 Å². The third-order valence-electron chi connectivity index (χ3n) is 7.15. The Kier molecular flexibility index (Phi) is 8.73. The van der Waals surface area contributed by atoms with Gasteiger partial charge in [0.15, 0.2) is 0 Å². The van der Waals surface area contributed by atoms with E-state index in [1.165, 1.54) is 0 Å². The van der Waals surface area contributed by atoms with Gasteiger partial charge in [-0.25, -0.2) is 0 Å². The number of morpholine rings is 1. The Labute approximate surface area is 231 Å². The summed E-state index contributed by atoms with van der Waals surface area (Å²) >= 11 is 0. The predicted molar refractivity (Wildman–Crippen MR) is 157 cm³/mol. The highest BCUT2D eigenvalue weighted by Crippen LogP contribution is 2.33. The molecule has 2 atom stereocenters. The topological polar surface area (TPSA) is 96.7 Å². The van der Waals surface area contributed by atoms with E-state index in [2.05, 4.69) is 50.2 Å². The minimum Gasteiger partial charge on any atom is -0.377 e. The average Bonchev–Trinajstić information content (AvgIpc) is 2.92. The smallest absolute Gasteiger partial charge is 0.255 e. The van der Waals surface area contributed by atoms with Crippen molar-refractivity contribution in [2.24, 2.45) is 5.73 Å². The van der Waals surface area contributed by atoms with Crippen LogP contribution in [0.5, 0.6) is 0 Å². The predicted octanol–water partition coefficient (Wildman–Crippen LogP) is 5.24. The molecule has 3 aromatic carbocycles. The van der Waals surface area contributed by atoms with E-state index in [9.17, 15) is 9.59 Å². The lowest BCUT2D eigenvalue weighted by Gasteiger charge is -2.41. The van der Waals surface area contributed by atoms with Gasteiger partial charge in [-0.05, 0) is 66.3 Å². The minimum absolute atomic E-state index is 0.00187. The first-order valence-corrected chi connectivity index (χ1v) is 13.5. The summed E-state index contributed by atoms with van der Waals surface area (Å²) in [4.78, 5) is 28.8. The SMILES string of the molecule is CC1COCC(C)N1c1ccc(C(=O)NCc2cccc(CN)c2)cc1NC(=O)c1ccc(C(C)(C)C)cc1. The number of hydrogen-bond donors (Lipinski definition) is 3. The molecule has 2 unspecified atom stereocenters. The van der Waals surface area contributed by atoms with Crippen molar-refractivity contribution in [3.8, 4) is 0 Å². The largest absolute Gasteiger partial charge is 0.377 e. The number of amides is 2. The molecule has 0 spiro atoms. The summed E-state index contributed by atoms with van der Waals surface area (Å²) in [5, 5.41) is 6.08. The summed E-state index contributed by atoms with van der Waals surface area (Å²) in [5.74, 6) is -0.436. The molecular formula is C32H40N4O3. The molecule has 1 aliphatic heterocycles. The van der Waals surface area contributed by atoms with Crippen LogP contribution in [-0.2, 0) is 23.2 Å². The highest BCUT2D eigenvalue weighted by atomic mass is 16.5. The zero-order chi connectivity index (χ0) is 28.2. The molecular weight excluding hydrogens is 488 g/mol. The van der Waals surface area contributed by atoms with Crippen LogP contribution < -0.4 is 21.3 Å². The van der Waals surface area contributed by atoms with E-state index in [1.54, 1.807) is 6.07 Å². The summed E-state index contributed by atoms with van der Waals surface area (Å²) in [5.41, 5.74) is 11.4. The number of anilines is 2. The lowest BCUT2D eigenvalue weighted by molar-refractivity contribution is 0.0757. The van der Waals surface area contributed by atoms with Gasteiger partial charge in [0, 0.05) is 36.3 Å². The van der Waals surface area contributed by atoms with Crippen LogP contribution in [0.1, 0.15) is 72.0 Å². The molecule has 7 nitrogen and oxygen atoms in total. The third kappa shape index (κ3) is 6.85. The van der Waals surface area contributed by atoms with E-state index >= 15 is 0 Å². The van der Waals surface area contributed by atoms with Crippen LogP contribution >= 0.6 is 0 Å². The molecule has 1 saturated heterocycles. The summed E-state index contributed by atoms with van der Waals surface area (Å²) in [6.07, 6.45) is 0. The van der Waals surface area contributed by atoms with Crippen molar-refractivity contribution in [2.45, 2.75) is 65.2 Å². The Hall–Kier alpha value is -3.68. The molecule has 39 heavy (non-hydrogen) atoms. The molecule has 1 fully saturated rings. The molecule has 1 heterocycles. The molecule has 0 radical (unpaired) electrons. The van der Waals surface area contributed by atoms with Crippen LogP contribution in [0.15, 0.2) is 66.7 Å². The fraction of sp³-hybridized carbons (Fsp3) is 0.375. The molecule has 2 amide bonds. The molecule has 4 rings (SSSR count). The van der Waals surface area contributed by atoms with Crippen LogP contribution in [0.3, 0.4) is 0 Å². The summed E-state index contributed by atoms with van der Waals surface area (Å²) in [6, 6.07) is 21.2. The second kappa shape index (κ2) is 12.0. The summed E-state index contributed by atoms with van der Waals surface area (Å²) < 4.78 is 5.73. The van der Waals surface area contributed by atoms with Crippen molar-refractivity contribution in [3.63, 3.8) is 0 Å². The minimum atomic E-state index is -0.221. The zero-order valence-corrected chi connectivity index (χ0v) is 23.6. The van der Waals surface area contributed by atoms with Gasteiger partial charge in [0.1, 0.15) is 0 Å². The number of hydrogen-bond acceptors (Lipinski definition) is 5. The summed E-state index contributed by atoms with van der Waals surface area (Å²) in [6.45, 7) is 12.6. The molecule has 0 aromatic heterocycles. The quantitative estimate of drug-likeness (QED) is 0.390. The van der Waals surface area contributed by atoms with Gasteiger partial charge >= 0.3 is 0 Å². The molecule has 4 N–H and O–H groups in total. The lowest BCUT2D eigenvalue weighted by Crippen LogP contribution is -2.50. The van der Waals surface area contributed by atoms with Crippen LogP contribution in [0.25, 0.3) is 0 Å². The van der Waals surface area contributed by atoms with E-state index in [0.717, 1.165) is 22.4 Å². The van der Waals surface area contributed by atoms with Gasteiger partial charge in [0.2, 0.25) is 0 Å². The highest BCUT2D eigenvalue weighted by Gasteiger charge is 2.28. The number of benzene rings is 3. The van der Waals surface area contributed by atoms with Gasteiger partial charge in [-0.3, -0.25) is 9.59 Å². The monoisotopic (exact) mass is 528 g/mol. The molecule has 0 saturated carbocycles. The maximum absolute atomic E-state index is 13.4. The van der Waals surface area contributed by atoms with Crippen LogP contribution in [-0.4, -0.2) is 37.1 Å². The Morgan fingerprint density at radius 1 is 0.897 bits per heavy atom. The second-order valence-corrected chi connectivity index (χ2v) is 11.4. The third-order valence-corrected chi connectivity index (χ3v) is 7.15. The Morgan fingerprint density at radius 2 is 1.54 bits per heavy atom. The van der Waals surface area contributed by atoms with Crippen LogP contribution in [0.2, 0.25) is 0 Å². The van der Waals surface area contributed by atoms with Gasteiger partial charge < -0.3 is 26.0 Å². The normalized spacial score (nSPS) is 17.5. The maximum atomic E-state index is 13.4. The van der Waals surface area contributed by atoms with Crippen molar-refractivity contribution >= 4 is 23.2 Å². The standard InChI is InChI=1S/C32H40N4O3/c1-21-19-39-20-22(2)36(21)29-14-11-26(30(37)34-18-24-8-6-7-23(15-24)17-33)16-28(29)35-31(38)25-9-12-27(13-10-25)32(3,4)5/h6-16,21-22H,17-20,33H2,1-5H3,(H,34,37)(H,35,38). The first-order chi connectivity index (χ1) is 18.6. The van der Waals surface area contributed by atoms with E-state index in [-0.39, 0.29) is 29.3 Å². The molecule has 0 aliphatic carbocycles. The van der Waals surface area contributed by atoms with Crippen molar-refractivity contribution in [3.05, 3.63) is 94.5 Å². The Morgan fingerprint density at radius 3 is 2.18 bits per heavy atom. The Bertz CT molecular complexity index is 1300. The lowest BCUT2D eigenvalue weighted by atomic mass is 9.86. The van der Waals surface area contributed by atoms with Gasteiger partial charge in [-0.2, -0.15) is 0 Å². The maximum Gasteiger partial charge on any atom is 0.255 e. The van der Waals surface area contributed by atoms with E-state index in [4.69, 9.17) is 10.5 Å². The molecule has 7 heteroatoms. The first-order valence-electron chi connectivity index (χ1n) is 13.5. The molecule has 0 bridgehead atoms. The number of carbonyl (C=O) groups is 2. The van der Waals surface area contributed by atoms with Crippen molar-refractivity contribution in [1.29, 1.82) is 0 Å².